The summed E-state index contributed by atoms with van der Waals surface area (Å²) in [5, 5.41) is 5.24. The van der Waals surface area contributed by atoms with Crippen molar-refractivity contribution in [2.45, 2.75) is 51.1 Å². The minimum Gasteiger partial charge on any atom is -0.467 e. The fraction of sp³-hybridized carbons (Fsp3) is 0.600. The van der Waals surface area contributed by atoms with Crippen LogP contribution in [0.2, 0.25) is 0 Å². The predicted molar refractivity (Wildman–Crippen MR) is 104 cm³/mol. The molecule has 0 unspecified atom stereocenters. The van der Waals surface area contributed by atoms with E-state index >= 15 is 0 Å². The second-order valence-corrected chi connectivity index (χ2v) is 7.52. The molecule has 3 amide bonds. The molecule has 1 aliphatic carbocycles. The summed E-state index contributed by atoms with van der Waals surface area (Å²) in [7, 11) is 2.91. The number of rotatable bonds is 6. The lowest BCUT2D eigenvalue weighted by Crippen LogP contribution is -2.54. The summed E-state index contributed by atoms with van der Waals surface area (Å²) in [4.78, 5) is 42.8. The van der Waals surface area contributed by atoms with Crippen LogP contribution in [0.5, 0.6) is 0 Å². The molecule has 8 heteroatoms. The largest absolute Gasteiger partial charge is 0.467 e. The number of imide groups is 1. The van der Waals surface area contributed by atoms with E-state index in [0.29, 0.717) is 11.6 Å². The van der Waals surface area contributed by atoms with E-state index in [1.54, 1.807) is 38.4 Å². The van der Waals surface area contributed by atoms with E-state index in [9.17, 15) is 14.4 Å². The third-order valence-electron chi connectivity index (χ3n) is 5.57. The predicted octanol–water partition coefficient (Wildman–Crippen LogP) is 1.81. The third-order valence-corrected chi connectivity index (χ3v) is 5.57. The number of likely N-dealkylation sites (N-methyl/N-ethyl adjacent to an activating group) is 1. The second kappa shape index (κ2) is 9.64. The molecule has 0 saturated heterocycles. The number of hydrogen-bond acceptors (Lipinski definition) is 6. The highest BCUT2D eigenvalue weighted by molar-refractivity contribution is 5.95. The molecule has 1 saturated carbocycles. The number of urea groups is 1. The van der Waals surface area contributed by atoms with Crippen molar-refractivity contribution in [3.8, 4) is 0 Å². The van der Waals surface area contributed by atoms with Gasteiger partial charge < -0.3 is 10.1 Å². The smallest absolute Gasteiger partial charge is 0.332 e. The number of hydrogen-bond donors (Lipinski definition) is 2. The molecular formula is C20H30N4O4. The Hall–Kier alpha value is -2.48. The molecule has 1 aromatic rings. The van der Waals surface area contributed by atoms with Crippen molar-refractivity contribution in [1.82, 2.24) is 20.5 Å². The van der Waals surface area contributed by atoms with Gasteiger partial charge in [0.25, 0.3) is 0 Å². The van der Waals surface area contributed by atoms with Gasteiger partial charge in [-0.15, -0.1) is 0 Å². The topological polar surface area (TPSA) is 101 Å². The quantitative estimate of drug-likeness (QED) is 0.719. The minimum atomic E-state index is -1.26. The second-order valence-electron chi connectivity index (χ2n) is 7.52. The molecule has 154 valence electrons. The van der Waals surface area contributed by atoms with Gasteiger partial charge in [-0.25, -0.2) is 9.59 Å². The van der Waals surface area contributed by atoms with Crippen LogP contribution >= 0.6 is 0 Å². The number of nitrogens with one attached hydrogen (secondary N) is 2. The van der Waals surface area contributed by atoms with Crippen LogP contribution in [-0.2, 0) is 19.9 Å². The van der Waals surface area contributed by atoms with E-state index in [0.717, 1.165) is 19.3 Å². The summed E-state index contributed by atoms with van der Waals surface area (Å²) in [6.07, 6.45) is 5.81. The van der Waals surface area contributed by atoms with Crippen LogP contribution in [0.15, 0.2) is 24.4 Å². The highest BCUT2D eigenvalue weighted by atomic mass is 16.5. The van der Waals surface area contributed by atoms with Crippen LogP contribution in [0.1, 0.15) is 45.2 Å². The van der Waals surface area contributed by atoms with Crippen molar-refractivity contribution in [3.63, 3.8) is 0 Å². The summed E-state index contributed by atoms with van der Waals surface area (Å²) in [6.45, 7) is 3.57. The monoisotopic (exact) mass is 390 g/mol. The zero-order valence-electron chi connectivity index (χ0n) is 17.0. The first-order chi connectivity index (χ1) is 13.3. The van der Waals surface area contributed by atoms with Crippen molar-refractivity contribution >= 4 is 17.9 Å². The Balaban J connectivity index is 2.00. The maximum absolute atomic E-state index is 12.5. The van der Waals surface area contributed by atoms with Gasteiger partial charge in [0, 0.05) is 12.2 Å². The number of pyridine rings is 1. The Bertz CT molecular complexity index is 697. The molecule has 2 N–H and O–H groups in total. The zero-order chi connectivity index (χ0) is 20.7. The standard InChI is InChI=1S/C20H30N4O4/c1-14-9-5-6-10-15(14)22-19(27)23-17(25)13-24(3)20(2,18(26)28-4)16-11-7-8-12-21-16/h7-8,11-12,14-15H,5-6,9-10,13H2,1-4H3,(H2,22,23,25,27)/t14-,15-,20-/m0/s1. The Morgan fingerprint density at radius 2 is 2.00 bits per heavy atom. The highest BCUT2D eigenvalue weighted by Crippen LogP contribution is 2.27. The van der Waals surface area contributed by atoms with Crippen molar-refractivity contribution < 1.29 is 19.1 Å². The molecule has 28 heavy (non-hydrogen) atoms. The first-order valence-electron chi connectivity index (χ1n) is 9.60. The number of esters is 1. The Labute approximate surface area is 166 Å². The molecule has 0 radical (unpaired) electrons. The van der Waals surface area contributed by atoms with Crippen molar-refractivity contribution in [3.05, 3.63) is 30.1 Å². The van der Waals surface area contributed by atoms with E-state index in [2.05, 4.69) is 22.5 Å². The average molecular weight is 390 g/mol. The number of aromatic nitrogens is 1. The number of methoxy groups -OCH3 is 1. The average Bonchev–Trinajstić information content (AvgIpc) is 2.68. The molecule has 1 fully saturated rings. The van der Waals surface area contributed by atoms with Crippen molar-refractivity contribution in [1.29, 1.82) is 0 Å². The van der Waals surface area contributed by atoms with Gasteiger partial charge in [-0.2, -0.15) is 0 Å². The molecule has 3 atom stereocenters. The Kier molecular flexibility index (Phi) is 7.51. The summed E-state index contributed by atoms with van der Waals surface area (Å²) < 4.78 is 4.93. The van der Waals surface area contributed by atoms with Gasteiger partial charge in [0.15, 0.2) is 5.54 Å². The third kappa shape index (κ3) is 5.07. The van der Waals surface area contributed by atoms with Crippen LogP contribution in [0.3, 0.4) is 0 Å². The van der Waals surface area contributed by atoms with Crippen LogP contribution in [0.25, 0.3) is 0 Å². The summed E-state index contributed by atoms with van der Waals surface area (Å²) in [6, 6.07) is 4.77. The molecule has 0 aromatic carbocycles. The van der Waals surface area contributed by atoms with Gasteiger partial charge in [0.1, 0.15) is 0 Å². The summed E-state index contributed by atoms with van der Waals surface area (Å²) in [5.41, 5.74) is -0.806. The number of amides is 3. The number of carbonyl (C=O) groups is 3. The first kappa shape index (κ1) is 21.8. The van der Waals surface area contributed by atoms with E-state index in [1.807, 2.05) is 0 Å². The summed E-state index contributed by atoms with van der Waals surface area (Å²) in [5.74, 6) is -0.652. The fourth-order valence-electron chi connectivity index (χ4n) is 3.58. The van der Waals surface area contributed by atoms with E-state index in [1.165, 1.54) is 18.4 Å². The van der Waals surface area contributed by atoms with Gasteiger partial charge in [0.2, 0.25) is 5.91 Å². The fourth-order valence-corrected chi connectivity index (χ4v) is 3.58. The molecule has 0 bridgehead atoms. The van der Waals surface area contributed by atoms with Gasteiger partial charge in [-0.1, -0.05) is 25.8 Å². The highest BCUT2D eigenvalue weighted by Gasteiger charge is 2.42. The lowest BCUT2D eigenvalue weighted by atomic mass is 9.86. The summed E-state index contributed by atoms with van der Waals surface area (Å²) >= 11 is 0. The van der Waals surface area contributed by atoms with E-state index < -0.39 is 23.4 Å². The molecule has 8 nitrogen and oxygen atoms in total. The molecule has 2 rings (SSSR count). The zero-order valence-corrected chi connectivity index (χ0v) is 17.0. The first-order valence-corrected chi connectivity index (χ1v) is 9.60. The Morgan fingerprint density at radius 3 is 2.61 bits per heavy atom. The maximum Gasteiger partial charge on any atom is 0.332 e. The van der Waals surface area contributed by atoms with Crippen LogP contribution < -0.4 is 10.6 Å². The molecule has 0 spiro atoms. The molecule has 1 aromatic heterocycles. The van der Waals surface area contributed by atoms with E-state index in [-0.39, 0.29) is 12.6 Å². The van der Waals surface area contributed by atoms with Gasteiger partial charge in [-0.3, -0.25) is 20.0 Å². The molecule has 1 heterocycles. The SMILES string of the molecule is COC(=O)[C@](C)(c1ccccn1)N(C)CC(=O)NC(=O)N[C@H]1CCCC[C@@H]1C. The van der Waals surface area contributed by atoms with E-state index in [4.69, 9.17) is 4.74 Å². The maximum atomic E-state index is 12.5. The van der Waals surface area contributed by atoms with Crippen LogP contribution in [-0.4, -0.2) is 54.5 Å². The van der Waals surface area contributed by atoms with Crippen molar-refractivity contribution in [2.24, 2.45) is 5.92 Å². The van der Waals surface area contributed by atoms with Gasteiger partial charge >= 0.3 is 12.0 Å². The van der Waals surface area contributed by atoms with Gasteiger partial charge in [0.05, 0.1) is 19.3 Å². The lowest BCUT2D eigenvalue weighted by molar-refractivity contribution is -0.155. The molecule has 1 aliphatic rings. The van der Waals surface area contributed by atoms with Gasteiger partial charge in [-0.05, 0) is 44.9 Å². The number of carbonyl (C=O) groups excluding carboxylic acids is 3. The number of ether oxygens (including phenoxy) is 1. The normalized spacial score (nSPS) is 21.5. The minimum absolute atomic E-state index is 0.0770. The molecule has 0 aliphatic heterocycles. The number of nitrogens with zero attached hydrogens (tertiary/aromatic N) is 2. The van der Waals surface area contributed by atoms with Crippen LogP contribution in [0.4, 0.5) is 4.79 Å². The Morgan fingerprint density at radius 1 is 1.29 bits per heavy atom. The van der Waals surface area contributed by atoms with Crippen LogP contribution in [0, 0.1) is 5.92 Å². The molecular weight excluding hydrogens is 360 g/mol. The van der Waals surface area contributed by atoms with Crippen molar-refractivity contribution in [2.75, 3.05) is 20.7 Å². The lowest BCUT2D eigenvalue weighted by Gasteiger charge is -2.35.